The number of hydrogen-bond donors (Lipinski definition) is 1. The highest BCUT2D eigenvalue weighted by Gasteiger charge is 2.23. The van der Waals surface area contributed by atoms with Crippen molar-refractivity contribution in [3.8, 4) is 0 Å². The van der Waals surface area contributed by atoms with Gasteiger partial charge in [0.1, 0.15) is 0 Å². The molecule has 1 heterocycles. The summed E-state index contributed by atoms with van der Waals surface area (Å²) in [5, 5.41) is 3.67. The Kier molecular flexibility index (Phi) is 4.86. The van der Waals surface area contributed by atoms with Gasteiger partial charge in [-0.3, -0.25) is 0 Å². The average Bonchev–Trinajstić information content (AvgIpc) is 3.01. The SMILES string of the molecule is CCCNC(CCC1CC1)c1ccc(Br)s1. The van der Waals surface area contributed by atoms with Crippen molar-refractivity contribution >= 4 is 27.3 Å². The minimum atomic E-state index is 0.580. The molecule has 1 fully saturated rings. The summed E-state index contributed by atoms with van der Waals surface area (Å²) in [4.78, 5) is 1.49. The Morgan fingerprint density at radius 2 is 2.31 bits per heavy atom. The van der Waals surface area contributed by atoms with E-state index in [4.69, 9.17) is 0 Å². The fourth-order valence-corrected chi connectivity index (χ4v) is 3.52. The van der Waals surface area contributed by atoms with E-state index in [0.717, 1.165) is 12.5 Å². The maximum atomic E-state index is 3.67. The fraction of sp³-hybridized carbons (Fsp3) is 0.692. The first-order chi connectivity index (χ1) is 7.79. The summed E-state index contributed by atoms with van der Waals surface area (Å²) in [5.74, 6) is 1.04. The van der Waals surface area contributed by atoms with Crippen LogP contribution < -0.4 is 5.32 Å². The monoisotopic (exact) mass is 301 g/mol. The quantitative estimate of drug-likeness (QED) is 0.767. The molecule has 1 aromatic heterocycles. The summed E-state index contributed by atoms with van der Waals surface area (Å²) in [6.07, 6.45) is 6.85. The lowest BCUT2D eigenvalue weighted by atomic mass is 10.1. The van der Waals surface area contributed by atoms with Crippen LogP contribution in [0.5, 0.6) is 0 Å². The molecule has 0 aromatic carbocycles. The first-order valence-electron chi connectivity index (χ1n) is 6.28. The largest absolute Gasteiger partial charge is 0.309 e. The van der Waals surface area contributed by atoms with Gasteiger partial charge in [0.25, 0.3) is 0 Å². The van der Waals surface area contributed by atoms with Crippen molar-refractivity contribution in [3.63, 3.8) is 0 Å². The molecule has 2 rings (SSSR count). The molecule has 0 aliphatic heterocycles. The van der Waals surface area contributed by atoms with Gasteiger partial charge in [-0.2, -0.15) is 0 Å². The number of nitrogens with one attached hydrogen (secondary N) is 1. The molecule has 1 saturated carbocycles. The first kappa shape index (κ1) is 12.6. The van der Waals surface area contributed by atoms with Crippen LogP contribution in [-0.2, 0) is 0 Å². The highest BCUT2D eigenvalue weighted by molar-refractivity contribution is 9.11. The Balaban J connectivity index is 1.89. The average molecular weight is 302 g/mol. The van der Waals surface area contributed by atoms with E-state index in [1.807, 2.05) is 11.3 Å². The lowest BCUT2D eigenvalue weighted by Gasteiger charge is -2.16. The zero-order valence-electron chi connectivity index (χ0n) is 9.84. The van der Waals surface area contributed by atoms with Crippen LogP contribution in [0.3, 0.4) is 0 Å². The van der Waals surface area contributed by atoms with Gasteiger partial charge in [0.15, 0.2) is 0 Å². The van der Waals surface area contributed by atoms with E-state index in [9.17, 15) is 0 Å². The van der Waals surface area contributed by atoms with Crippen molar-refractivity contribution in [2.24, 2.45) is 5.92 Å². The normalized spacial score (nSPS) is 17.6. The van der Waals surface area contributed by atoms with E-state index in [2.05, 4.69) is 40.3 Å². The van der Waals surface area contributed by atoms with E-state index >= 15 is 0 Å². The molecular weight excluding hydrogens is 282 g/mol. The van der Waals surface area contributed by atoms with Gasteiger partial charge in [0.05, 0.1) is 3.79 Å². The molecule has 0 radical (unpaired) electrons. The summed E-state index contributed by atoms with van der Waals surface area (Å²) in [6, 6.07) is 5.00. The summed E-state index contributed by atoms with van der Waals surface area (Å²) in [7, 11) is 0. The van der Waals surface area contributed by atoms with Crippen molar-refractivity contribution < 1.29 is 0 Å². The Hall–Kier alpha value is 0.140. The van der Waals surface area contributed by atoms with Crippen LogP contribution in [0.4, 0.5) is 0 Å². The third-order valence-electron chi connectivity index (χ3n) is 3.14. The molecule has 1 aliphatic rings. The van der Waals surface area contributed by atoms with Crippen LogP contribution in [0.1, 0.15) is 49.9 Å². The highest BCUT2D eigenvalue weighted by Crippen LogP contribution is 2.37. The van der Waals surface area contributed by atoms with Crippen LogP contribution in [0.15, 0.2) is 15.9 Å². The van der Waals surface area contributed by atoms with Crippen LogP contribution in [-0.4, -0.2) is 6.54 Å². The standard InChI is InChI=1S/C13H20BrNS/c1-2-9-15-11(6-5-10-3-4-10)12-7-8-13(14)16-12/h7-8,10-11,15H,2-6,9H2,1H3. The van der Waals surface area contributed by atoms with Gasteiger partial charge in [0, 0.05) is 10.9 Å². The summed E-state index contributed by atoms with van der Waals surface area (Å²) in [5.41, 5.74) is 0. The van der Waals surface area contributed by atoms with Crippen molar-refractivity contribution in [3.05, 3.63) is 20.8 Å². The molecule has 1 aliphatic carbocycles. The van der Waals surface area contributed by atoms with Crippen molar-refractivity contribution in [1.82, 2.24) is 5.32 Å². The van der Waals surface area contributed by atoms with E-state index in [-0.39, 0.29) is 0 Å². The van der Waals surface area contributed by atoms with E-state index in [1.165, 1.54) is 40.8 Å². The smallest absolute Gasteiger partial charge is 0.0701 e. The Labute approximate surface area is 111 Å². The summed E-state index contributed by atoms with van der Waals surface area (Å²) in [6.45, 7) is 3.36. The second-order valence-corrected chi connectivity index (χ2v) is 7.16. The third-order valence-corrected chi connectivity index (χ3v) is 4.88. The Bertz CT molecular complexity index is 319. The molecule has 1 atom stereocenters. The first-order valence-corrected chi connectivity index (χ1v) is 7.89. The molecule has 90 valence electrons. The van der Waals surface area contributed by atoms with Gasteiger partial charge in [0.2, 0.25) is 0 Å². The van der Waals surface area contributed by atoms with Gasteiger partial charge < -0.3 is 5.32 Å². The molecule has 0 saturated heterocycles. The predicted octanol–water partition coefficient (Wildman–Crippen LogP) is 4.74. The highest BCUT2D eigenvalue weighted by atomic mass is 79.9. The number of halogens is 1. The molecule has 1 unspecified atom stereocenters. The molecule has 0 amide bonds. The van der Waals surface area contributed by atoms with Gasteiger partial charge >= 0.3 is 0 Å². The lowest BCUT2D eigenvalue weighted by molar-refractivity contribution is 0.476. The topological polar surface area (TPSA) is 12.0 Å². The second kappa shape index (κ2) is 6.18. The van der Waals surface area contributed by atoms with Crippen LogP contribution in [0.25, 0.3) is 0 Å². The van der Waals surface area contributed by atoms with Crippen molar-refractivity contribution in [2.75, 3.05) is 6.54 Å². The predicted molar refractivity (Wildman–Crippen MR) is 75.0 cm³/mol. The van der Waals surface area contributed by atoms with E-state index in [0.29, 0.717) is 6.04 Å². The van der Waals surface area contributed by atoms with Crippen molar-refractivity contribution in [1.29, 1.82) is 0 Å². The van der Waals surface area contributed by atoms with E-state index in [1.54, 1.807) is 0 Å². The third kappa shape index (κ3) is 3.86. The summed E-state index contributed by atoms with van der Waals surface area (Å²) >= 11 is 5.42. The number of rotatable bonds is 7. The van der Waals surface area contributed by atoms with Crippen LogP contribution in [0, 0.1) is 5.92 Å². The number of thiophene rings is 1. The maximum Gasteiger partial charge on any atom is 0.0701 e. The zero-order chi connectivity index (χ0) is 11.4. The zero-order valence-corrected chi connectivity index (χ0v) is 12.2. The molecule has 1 nitrogen and oxygen atoms in total. The molecule has 0 spiro atoms. The van der Waals surface area contributed by atoms with Crippen molar-refractivity contribution in [2.45, 2.75) is 45.1 Å². The lowest BCUT2D eigenvalue weighted by Crippen LogP contribution is -2.21. The Morgan fingerprint density at radius 3 is 2.88 bits per heavy atom. The molecular formula is C13H20BrNS. The van der Waals surface area contributed by atoms with Gasteiger partial charge in [-0.25, -0.2) is 0 Å². The molecule has 1 aromatic rings. The van der Waals surface area contributed by atoms with Gasteiger partial charge in [-0.1, -0.05) is 19.8 Å². The minimum Gasteiger partial charge on any atom is -0.309 e. The Morgan fingerprint density at radius 1 is 1.50 bits per heavy atom. The number of hydrogen-bond acceptors (Lipinski definition) is 2. The molecule has 16 heavy (non-hydrogen) atoms. The fourth-order valence-electron chi connectivity index (χ4n) is 1.99. The van der Waals surface area contributed by atoms with E-state index < -0.39 is 0 Å². The molecule has 1 N–H and O–H groups in total. The summed E-state index contributed by atoms with van der Waals surface area (Å²) < 4.78 is 1.25. The van der Waals surface area contributed by atoms with Gasteiger partial charge in [-0.15, -0.1) is 11.3 Å². The molecule has 0 bridgehead atoms. The molecule has 3 heteroatoms. The van der Waals surface area contributed by atoms with Gasteiger partial charge in [-0.05, 0) is 59.8 Å². The van der Waals surface area contributed by atoms with Crippen LogP contribution >= 0.6 is 27.3 Å². The van der Waals surface area contributed by atoms with Crippen LogP contribution in [0.2, 0.25) is 0 Å². The second-order valence-electron chi connectivity index (χ2n) is 4.67. The minimum absolute atomic E-state index is 0.580. The maximum absolute atomic E-state index is 3.67.